The Morgan fingerprint density at radius 3 is 2.75 bits per heavy atom. The molecule has 4 nitrogen and oxygen atoms in total. The smallest absolute Gasteiger partial charge is 0.160 e. The fourth-order valence-electron chi connectivity index (χ4n) is 0.874. The predicted octanol–water partition coefficient (Wildman–Crippen LogP) is 0.726. The van der Waals surface area contributed by atoms with Gasteiger partial charge in [0.25, 0.3) is 0 Å². The maximum absolute atomic E-state index is 9.15. The van der Waals surface area contributed by atoms with E-state index in [9.17, 15) is 0 Å². The third-order valence-corrected chi connectivity index (χ3v) is 1.57. The number of nitrogens with two attached hydrogens (primary N) is 1. The highest BCUT2D eigenvalue weighted by Crippen LogP contribution is 2.22. The van der Waals surface area contributed by atoms with Crippen LogP contribution in [0.3, 0.4) is 0 Å². The molecule has 0 aliphatic rings. The zero-order valence-electron chi connectivity index (χ0n) is 7.11. The number of aromatic nitrogens is 1. The van der Waals surface area contributed by atoms with Crippen LogP contribution in [0.4, 0.5) is 5.69 Å². The molecule has 0 aromatic carbocycles. The van der Waals surface area contributed by atoms with E-state index in [1.165, 1.54) is 13.3 Å². The summed E-state index contributed by atoms with van der Waals surface area (Å²) in [6.45, 7) is 1.63. The molecule has 0 fully saturated rings. The van der Waals surface area contributed by atoms with Crippen LogP contribution in [0.15, 0.2) is 12.3 Å². The van der Waals surface area contributed by atoms with E-state index in [0.717, 1.165) is 0 Å². The van der Waals surface area contributed by atoms with E-state index in [2.05, 4.69) is 4.98 Å². The number of hydrogen-bond acceptors (Lipinski definition) is 4. The first-order valence-electron chi connectivity index (χ1n) is 3.62. The lowest BCUT2D eigenvalue weighted by Gasteiger charge is -2.07. The van der Waals surface area contributed by atoms with Gasteiger partial charge in [0, 0.05) is 0 Å². The van der Waals surface area contributed by atoms with Crippen LogP contribution in [0, 0.1) is 0 Å². The van der Waals surface area contributed by atoms with Crippen molar-refractivity contribution in [2.24, 2.45) is 0 Å². The van der Waals surface area contributed by atoms with Gasteiger partial charge >= 0.3 is 0 Å². The maximum Gasteiger partial charge on any atom is 0.160 e. The molecule has 0 aliphatic carbocycles. The lowest BCUT2D eigenvalue weighted by atomic mass is 10.2. The fraction of sp³-hybridized carbons (Fsp3) is 0.375. The number of rotatable bonds is 2. The SMILES string of the molecule is COc1cnc(C(C)O)cc1N. The molecular formula is C8H12N2O2. The van der Waals surface area contributed by atoms with Crippen molar-refractivity contribution in [1.29, 1.82) is 0 Å². The van der Waals surface area contributed by atoms with Gasteiger partial charge in [0.2, 0.25) is 0 Å². The molecule has 1 unspecified atom stereocenters. The van der Waals surface area contributed by atoms with Crippen LogP contribution in [0.1, 0.15) is 18.7 Å². The number of aliphatic hydroxyl groups is 1. The van der Waals surface area contributed by atoms with Crippen LogP contribution >= 0.6 is 0 Å². The third-order valence-electron chi connectivity index (χ3n) is 1.57. The summed E-state index contributed by atoms with van der Waals surface area (Å²) < 4.78 is 4.91. The van der Waals surface area contributed by atoms with Gasteiger partial charge in [0.05, 0.1) is 30.8 Å². The van der Waals surface area contributed by atoms with Gasteiger partial charge in [-0.3, -0.25) is 4.98 Å². The number of ether oxygens (including phenoxy) is 1. The van der Waals surface area contributed by atoms with Crippen molar-refractivity contribution in [3.05, 3.63) is 18.0 Å². The number of aliphatic hydroxyl groups excluding tert-OH is 1. The topological polar surface area (TPSA) is 68.4 Å². The van der Waals surface area contributed by atoms with E-state index in [1.54, 1.807) is 13.0 Å². The maximum atomic E-state index is 9.15. The van der Waals surface area contributed by atoms with Crippen molar-refractivity contribution < 1.29 is 9.84 Å². The van der Waals surface area contributed by atoms with Crippen molar-refractivity contribution in [2.75, 3.05) is 12.8 Å². The Bertz CT molecular complexity index is 274. The second-order valence-corrected chi connectivity index (χ2v) is 2.53. The molecule has 1 aromatic rings. The molecule has 0 radical (unpaired) electrons. The van der Waals surface area contributed by atoms with Gasteiger partial charge in [0.15, 0.2) is 5.75 Å². The summed E-state index contributed by atoms with van der Waals surface area (Å²) in [5, 5.41) is 9.15. The highest BCUT2D eigenvalue weighted by Gasteiger charge is 2.05. The lowest BCUT2D eigenvalue weighted by Crippen LogP contribution is -1.99. The Kier molecular flexibility index (Phi) is 2.50. The molecule has 1 heterocycles. The van der Waals surface area contributed by atoms with Crippen LogP contribution < -0.4 is 10.5 Å². The second-order valence-electron chi connectivity index (χ2n) is 2.53. The molecular weight excluding hydrogens is 156 g/mol. The predicted molar refractivity (Wildman–Crippen MR) is 45.8 cm³/mol. The molecule has 4 heteroatoms. The van der Waals surface area contributed by atoms with E-state index in [0.29, 0.717) is 17.1 Å². The standard InChI is InChI=1S/C8H12N2O2/c1-5(11)7-3-6(9)8(12-2)4-10-7/h3-5,11H,1-2H3,(H2,9,10). The molecule has 0 amide bonds. The van der Waals surface area contributed by atoms with E-state index in [1.807, 2.05) is 0 Å². The Balaban J connectivity index is 3.02. The first-order chi connectivity index (χ1) is 5.65. The first kappa shape index (κ1) is 8.80. The highest BCUT2D eigenvalue weighted by atomic mass is 16.5. The molecule has 0 aliphatic heterocycles. The third kappa shape index (κ3) is 1.65. The fourth-order valence-corrected chi connectivity index (χ4v) is 0.874. The molecule has 1 aromatic heterocycles. The summed E-state index contributed by atoms with van der Waals surface area (Å²) in [6, 6.07) is 1.60. The summed E-state index contributed by atoms with van der Waals surface area (Å²) in [5.41, 5.74) is 6.63. The molecule has 12 heavy (non-hydrogen) atoms. The van der Waals surface area contributed by atoms with Crippen LogP contribution in [0.5, 0.6) is 5.75 Å². The quantitative estimate of drug-likeness (QED) is 0.683. The molecule has 1 atom stereocenters. The molecule has 1 rings (SSSR count). The minimum atomic E-state index is -0.599. The number of methoxy groups -OCH3 is 1. The van der Waals surface area contributed by atoms with Crippen molar-refractivity contribution in [2.45, 2.75) is 13.0 Å². The van der Waals surface area contributed by atoms with Gasteiger partial charge in [-0.05, 0) is 13.0 Å². The Morgan fingerprint density at radius 2 is 2.33 bits per heavy atom. The highest BCUT2D eigenvalue weighted by molar-refractivity contribution is 5.51. The van der Waals surface area contributed by atoms with Gasteiger partial charge in [-0.15, -0.1) is 0 Å². The largest absolute Gasteiger partial charge is 0.493 e. The summed E-state index contributed by atoms with van der Waals surface area (Å²) >= 11 is 0. The van der Waals surface area contributed by atoms with Crippen LogP contribution in [-0.4, -0.2) is 17.2 Å². The van der Waals surface area contributed by atoms with E-state index >= 15 is 0 Å². The van der Waals surface area contributed by atoms with Crippen LogP contribution in [-0.2, 0) is 0 Å². The number of nitrogens with zero attached hydrogens (tertiary/aromatic N) is 1. The Morgan fingerprint density at radius 1 is 1.67 bits per heavy atom. The first-order valence-corrected chi connectivity index (χ1v) is 3.62. The van der Waals surface area contributed by atoms with Gasteiger partial charge in [-0.2, -0.15) is 0 Å². The molecule has 0 spiro atoms. The van der Waals surface area contributed by atoms with Crippen molar-refractivity contribution in [1.82, 2.24) is 4.98 Å². The molecule has 0 bridgehead atoms. The zero-order chi connectivity index (χ0) is 9.14. The zero-order valence-corrected chi connectivity index (χ0v) is 7.11. The number of nitrogen functional groups attached to an aromatic ring is 1. The second kappa shape index (κ2) is 3.40. The molecule has 66 valence electrons. The van der Waals surface area contributed by atoms with Gasteiger partial charge in [-0.25, -0.2) is 0 Å². The van der Waals surface area contributed by atoms with Gasteiger partial charge in [-0.1, -0.05) is 0 Å². The molecule has 0 saturated heterocycles. The van der Waals surface area contributed by atoms with Crippen LogP contribution in [0.2, 0.25) is 0 Å². The van der Waals surface area contributed by atoms with E-state index in [4.69, 9.17) is 15.6 Å². The summed E-state index contributed by atoms with van der Waals surface area (Å²) in [5.74, 6) is 0.527. The number of anilines is 1. The average Bonchev–Trinajstić information content (AvgIpc) is 2.04. The van der Waals surface area contributed by atoms with E-state index in [-0.39, 0.29) is 0 Å². The van der Waals surface area contributed by atoms with Gasteiger partial charge < -0.3 is 15.6 Å². The number of pyridine rings is 1. The van der Waals surface area contributed by atoms with Crippen molar-refractivity contribution >= 4 is 5.69 Å². The normalized spacial score (nSPS) is 12.6. The van der Waals surface area contributed by atoms with Gasteiger partial charge in [0.1, 0.15) is 0 Å². The van der Waals surface area contributed by atoms with Crippen molar-refractivity contribution in [3.63, 3.8) is 0 Å². The number of hydrogen-bond donors (Lipinski definition) is 2. The average molecular weight is 168 g/mol. The monoisotopic (exact) mass is 168 g/mol. The van der Waals surface area contributed by atoms with Crippen LogP contribution in [0.25, 0.3) is 0 Å². The van der Waals surface area contributed by atoms with Crippen molar-refractivity contribution in [3.8, 4) is 5.75 Å². The molecule has 3 N–H and O–H groups in total. The molecule has 0 saturated carbocycles. The Labute approximate surface area is 71.0 Å². The summed E-state index contributed by atoms with van der Waals surface area (Å²) in [6.07, 6.45) is 0.899. The minimum absolute atomic E-state index is 0.489. The van der Waals surface area contributed by atoms with E-state index < -0.39 is 6.10 Å². The minimum Gasteiger partial charge on any atom is -0.493 e. The Hall–Kier alpha value is -1.29. The lowest BCUT2D eigenvalue weighted by molar-refractivity contribution is 0.194. The summed E-state index contributed by atoms with van der Waals surface area (Å²) in [7, 11) is 1.52. The summed E-state index contributed by atoms with van der Waals surface area (Å²) in [4.78, 5) is 3.95.